The van der Waals surface area contributed by atoms with Crippen molar-refractivity contribution >= 4 is 17.8 Å². The maximum atomic E-state index is 13.6. The molecule has 0 aliphatic heterocycles. The van der Waals surface area contributed by atoms with Gasteiger partial charge in [-0.1, -0.05) is 77.9 Å². The number of Topliss-reactive ketones (excluding diaryl/α,β-unsaturated/α-hetero) is 1. The van der Waals surface area contributed by atoms with Crippen molar-refractivity contribution < 1.29 is 23.9 Å². The van der Waals surface area contributed by atoms with E-state index >= 15 is 0 Å². The summed E-state index contributed by atoms with van der Waals surface area (Å²) in [5.41, 5.74) is 2.51. The quantitative estimate of drug-likeness (QED) is 0.337. The number of carbonyl (C=O) groups is 3. The SMILES string of the molecule is Cc1ccc(C(=O)O[C@H](C(=O)c2ccccc2)[C@H](NC(=O)OC(C)(C)C)c2ccc(C)cc2)cc1. The Morgan fingerprint density at radius 3 is 1.83 bits per heavy atom. The number of hydrogen-bond acceptors (Lipinski definition) is 5. The lowest BCUT2D eigenvalue weighted by atomic mass is 9.94. The summed E-state index contributed by atoms with van der Waals surface area (Å²) in [4.78, 5) is 39.5. The Balaban J connectivity index is 2.03. The van der Waals surface area contributed by atoms with E-state index in [1.165, 1.54) is 0 Å². The molecule has 1 amide bonds. The fourth-order valence-electron chi connectivity index (χ4n) is 3.45. The minimum absolute atomic E-state index is 0.307. The highest BCUT2D eigenvalue weighted by molar-refractivity contribution is 6.02. The van der Waals surface area contributed by atoms with Crippen molar-refractivity contribution in [1.29, 1.82) is 0 Å². The van der Waals surface area contributed by atoms with Crippen LogP contribution in [-0.2, 0) is 9.47 Å². The summed E-state index contributed by atoms with van der Waals surface area (Å²) in [5.74, 6) is -1.10. The van der Waals surface area contributed by atoms with Gasteiger partial charge in [-0.3, -0.25) is 4.79 Å². The molecule has 0 saturated heterocycles. The summed E-state index contributed by atoms with van der Waals surface area (Å²) in [6.07, 6.45) is -2.05. The molecule has 0 aromatic heterocycles. The van der Waals surface area contributed by atoms with E-state index < -0.39 is 35.6 Å². The molecule has 0 radical (unpaired) electrons. The molecule has 6 heteroatoms. The van der Waals surface area contributed by atoms with Crippen molar-refractivity contribution in [1.82, 2.24) is 5.32 Å². The van der Waals surface area contributed by atoms with Gasteiger partial charge < -0.3 is 14.8 Å². The van der Waals surface area contributed by atoms with Crippen molar-refractivity contribution in [3.63, 3.8) is 0 Å². The number of benzene rings is 3. The van der Waals surface area contributed by atoms with Gasteiger partial charge in [-0.2, -0.15) is 0 Å². The van der Waals surface area contributed by atoms with Crippen LogP contribution in [0.1, 0.15) is 64.2 Å². The van der Waals surface area contributed by atoms with Gasteiger partial charge in [0.2, 0.25) is 5.78 Å². The van der Waals surface area contributed by atoms with E-state index in [1.54, 1.807) is 87.5 Å². The van der Waals surface area contributed by atoms with Crippen LogP contribution in [0, 0.1) is 13.8 Å². The first-order valence-corrected chi connectivity index (χ1v) is 11.5. The lowest BCUT2D eigenvalue weighted by molar-refractivity contribution is 0.0149. The van der Waals surface area contributed by atoms with Crippen LogP contribution in [0.4, 0.5) is 4.79 Å². The normalized spacial score (nSPS) is 12.8. The van der Waals surface area contributed by atoms with Crippen LogP contribution < -0.4 is 5.32 Å². The van der Waals surface area contributed by atoms with Crippen molar-refractivity contribution in [2.75, 3.05) is 0 Å². The smallest absolute Gasteiger partial charge is 0.408 e. The summed E-state index contributed by atoms with van der Waals surface area (Å²) in [6.45, 7) is 9.09. The summed E-state index contributed by atoms with van der Waals surface area (Å²) in [7, 11) is 0. The Kier molecular flexibility index (Phi) is 8.07. The zero-order valence-electron chi connectivity index (χ0n) is 20.7. The van der Waals surface area contributed by atoms with E-state index in [1.807, 2.05) is 26.0 Å². The minimum Gasteiger partial charge on any atom is -0.448 e. The third kappa shape index (κ3) is 7.27. The molecular formula is C29H31NO5. The predicted octanol–water partition coefficient (Wildman–Crippen LogP) is 5.98. The van der Waals surface area contributed by atoms with Crippen LogP contribution in [0.2, 0.25) is 0 Å². The third-order valence-electron chi connectivity index (χ3n) is 5.25. The second kappa shape index (κ2) is 11.0. The lowest BCUT2D eigenvalue weighted by Gasteiger charge is -2.29. The maximum absolute atomic E-state index is 13.6. The molecule has 0 bridgehead atoms. The van der Waals surface area contributed by atoms with Crippen molar-refractivity contribution in [2.45, 2.75) is 52.4 Å². The number of alkyl carbamates (subject to hydrolysis) is 1. The molecule has 0 aliphatic rings. The molecule has 0 aliphatic carbocycles. The summed E-state index contributed by atoms with van der Waals surface area (Å²) >= 11 is 0. The number of ether oxygens (including phenoxy) is 2. The molecule has 0 heterocycles. The first-order chi connectivity index (χ1) is 16.5. The van der Waals surface area contributed by atoms with Gasteiger partial charge in [0.05, 0.1) is 5.56 Å². The Labute approximate surface area is 206 Å². The molecule has 35 heavy (non-hydrogen) atoms. The van der Waals surface area contributed by atoms with Crippen LogP contribution in [0.25, 0.3) is 0 Å². The molecule has 3 aromatic carbocycles. The molecule has 0 fully saturated rings. The average molecular weight is 474 g/mol. The Hall–Kier alpha value is -3.93. The van der Waals surface area contributed by atoms with Crippen molar-refractivity contribution in [2.24, 2.45) is 0 Å². The number of rotatable bonds is 7. The number of hydrogen-bond donors (Lipinski definition) is 1. The van der Waals surface area contributed by atoms with Crippen molar-refractivity contribution in [3.8, 4) is 0 Å². The molecule has 0 spiro atoms. The molecule has 3 rings (SSSR count). The highest BCUT2D eigenvalue weighted by Gasteiger charge is 2.36. The van der Waals surface area contributed by atoms with Crippen LogP contribution in [0.5, 0.6) is 0 Å². The number of nitrogens with one attached hydrogen (secondary N) is 1. The highest BCUT2D eigenvalue weighted by atomic mass is 16.6. The van der Waals surface area contributed by atoms with Crippen LogP contribution in [-0.4, -0.2) is 29.6 Å². The monoisotopic (exact) mass is 473 g/mol. The minimum atomic E-state index is -1.33. The number of aryl methyl sites for hydroxylation is 2. The number of carbonyl (C=O) groups excluding carboxylic acids is 3. The van der Waals surface area contributed by atoms with Gasteiger partial charge in [0, 0.05) is 5.56 Å². The molecule has 182 valence electrons. The van der Waals surface area contributed by atoms with Gasteiger partial charge >= 0.3 is 12.1 Å². The summed E-state index contributed by atoms with van der Waals surface area (Å²) in [6, 6.07) is 21.8. The van der Waals surface area contributed by atoms with Crippen LogP contribution in [0.15, 0.2) is 78.9 Å². The zero-order chi connectivity index (χ0) is 25.6. The Bertz CT molecular complexity index is 1160. The fourth-order valence-corrected chi connectivity index (χ4v) is 3.45. The van der Waals surface area contributed by atoms with E-state index in [4.69, 9.17) is 9.47 Å². The van der Waals surface area contributed by atoms with Crippen molar-refractivity contribution in [3.05, 3.63) is 107 Å². The van der Waals surface area contributed by atoms with E-state index in [2.05, 4.69) is 5.32 Å². The second-order valence-corrected chi connectivity index (χ2v) is 9.46. The topological polar surface area (TPSA) is 81.7 Å². The molecule has 0 saturated carbocycles. The third-order valence-corrected chi connectivity index (χ3v) is 5.25. The van der Waals surface area contributed by atoms with Gasteiger partial charge in [-0.05, 0) is 52.3 Å². The molecule has 0 unspecified atom stereocenters. The van der Waals surface area contributed by atoms with Gasteiger partial charge in [0.15, 0.2) is 6.10 Å². The van der Waals surface area contributed by atoms with Crippen LogP contribution in [0.3, 0.4) is 0 Å². The molecule has 2 atom stereocenters. The van der Waals surface area contributed by atoms with Crippen LogP contribution >= 0.6 is 0 Å². The second-order valence-electron chi connectivity index (χ2n) is 9.46. The van der Waals surface area contributed by atoms with Gasteiger partial charge in [0.1, 0.15) is 11.6 Å². The van der Waals surface area contributed by atoms with E-state index in [0.717, 1.165) is 11.1 Å². The Morgan fingerprint density at radius 1 is 0.743 bits per heavy atom. The Morgan fingerprint density at radius 2 is 1.29 bits per heavy atom. The molecule has 1 N–H and O–H groups in total. The molecule has 6 nitrogen and oxygen atoms in total. The fraction of sp³-hybridized carbons (Fsp3) is 0.276. The first kappa shape index (κ1) is 25.7. The van der Waals surface area contributed by atoms with E-state index in [9.17, 15) is 14.4 Å². The summed E-state index contributed by atoms with van der Waals surface area (Å²) in [5, 5.41) is 2.77. The average Bonchev–Trinajstić information content (AvgIpc) is 2.81. The van der Waals surface area contributed by atoms with Gasteiger partial charge in [-0.25, -0.2) is 9.59 Å². The van der Waals surface area contributed by atoms with E-state index in [-0.39, 0.29) is 0 Å². The lowest BCUT2D eigenvalue weighted by Crippen LogP contribution is -2.44. The summed E-state index contributed by atoms with van der Waals surface area (Å²) < 4.78 is 11.3. The number of amides is 1. The first-order valence-electron chi connectivity index (χ1n) is 11.5. The van der Waals surface area contributed by atoms with Gasteiger partial charge in [0.25, 0.3) is 0 Å². The maximum Gasteiger partial charge on any atom is 0.408 e. The number of ketones is 1. The van der Waals surface area contributed by atoms with E-state index in [0.29, 0.717) is 16.7 Å². The zero-order valence-corrected chi connectivity index (χ0v) is 20.7. The molecular weight excluding hydrogens is 442 g/mol. The predicted molar refractivity (Wildman–Crippen MR) is 134 cm³/mol. The highest BCUT2D eigenvalue weighted by Crippen LogP contribution is 2.25. The largest absolute Gasteiger partial charge is 0.448 e. The number of esters is 1. The standard InChI is InChI=1S/C29H31NO5/c1-19-11-15-21(16-12-19)24(30-28(33)35-29(3,4)5)26(25(31)22-9-7-6-8-10-22)34-27(32)23-17-13-20(2)14-18-23/h6-18,24,26H,1-5H3,(H,30,33)/t24-,26+/m1/s1. The molecule has 3 aromatic rings. The van der Waals surface area contributed by atoms with Gasteiger partial charge in [-0.15, -0.1) is 0 Å².